The highest BCUT2D eigenvalue weighted by atomic mass is 32.1. The Morgan fingerprint density at radius 1 is 1.13 bits per heavy atom. The molecule has 0 fully saturated rings. The molecule has 0 aliphatic rings. The second-order valence-corrected chi connectivity index (χ2v) is 7.21. The van der Waals surface area contributed by atoms with Gasteiger partial charge >= 0.3 is 6.18 Å². The van der Waals surface area contributed by atoms with Gasteiger partial charge in [0.05, 0.1) is 23.0 Å². The summed E-state index contributed by atoms with van der Waals surface area (Å²) in [5, 5.41) is 8.87. The molecule has 0 saturated carbocycles. The zero-order valence-corrected chi connectivity index (χ0v) is 16.0. The molecule has 0 atom stereocenters. The first-order valence-electron chi connectivity index (χ1n) is 8.69. The fourth-order valence-electron chi connectivity index (χ4n) is 2.90. The molecule has 2 aromatic carbocycles. The van der Waals surface area contributed by atoms with Gasteiger partial charge in [-0.2, -0.15) is 18.3 Å². The van der Waals surface area contributed by atoms with Crippen LogP contribution in [-0.2, 0) is 17.5 Å². The lowest BCUT2D eigenvalue weighted by atomic mass is 10.1. The van der Waals surface area contributed by atoms with Gasteiger partial charge in [-0.3, -0.25) is 14.3 Å². The Balaban J connectivity index is 1.52. The standard InChI is InChI=1S/C20H13F3N4O2S/c21-20(22,23)13-5-3-4-12(8-13)15-11-30-19(25-15)26-18(29)10-27-16-7-2-1-6-14(16)17(28)9-24-27/h1-9,11H,10H2,(H,25,26,29). The summed E-state index contributed by atoms with van der Waals surface area (Å²) >= 11 is 1.10. The zero-order chi connectivity index (χ0) is 21.3. The van der Waals surface area contributed by atoms with Crippen LogP contribution >= 0.6 is 11.3 Å². The molecule has 4 rings (SSSR count). The van der Waals surface area contributed by atoms with Crippen LogP contribution in [0.3, 0.4) is 0 Å². The van der Waals surface area contributed by atoms with Crippen molar-refractivity contribution in [3.8, 4) is 11.3 Å². The molecule has 0 unspecified atom stereocenters. The molecule has 2 aromatic heterocycles. The Labute approximate surface area is 171 Å². The largest absolute Gasteiger partial charge is 0.416 e. The first-order valence-corrected chi connectivity index (χ1v) is 9.57. The van der Waals surface area contributed by atoms with Gasteiger partial charge in [-0.25, -0.2) is 4.98 Å². The number of carbonyl (C=O) groups excluding carboxylic acids is 1. The SMILES string of the molecule is O=C(Cn1ncc(=O)c2ccccc21)Nc1nc(-c2cccc(C(F)(F)F)c2)cs1. The van der Waals surface area contributed by atoms with E-state index in [2.05, 4.69) is 15.4 Å². The van der Waals surface area contributed by atoms with Gasteiger partial charge in [0, 0.05) is 16.3 Å². The smallest absolute Gasteiger partial charge is 0.300 e. The number of carbonyl (C=O) groups is 1. The highest BCUT2D eigenvalue weighted by Gasteiger charge is 2.30. The van der Waals surface area contributed by atoms with E-state index in [0.717, 1.165) is 29.7 Å². The summed E-state index contributed by atoms with van der Waals surface area (Å²) in [5.41, 5.74) is 0.134. The van der Waals surface area contributed by atoms with E-state index in [9.17, 15) is 22.8 Å². The van der Waals surface area contributed by atoms with Crippen molar-refractivity contribution in [3.63, 3.8) is 0 Å². The summed E-state index contributed by atoms with van der Waals surface area (Å²) in [6.45, 7) is -0.154. The van der Waals surface area contributed by atoms with Crippen LogP contribution in [0.1, 0.15) is 5.56 Å². The minimum absolute atomic E-state index is 0.154. The number of para-hydroxylation sites is 1. The van der Waals surface area contributed by atoms with Crippen molar-refractivity contribution in [3.05, 3.63) is 75.9 Å². The van der Waals surface area contributed by atoms with E-state index >= 15 is 0 Å². The molecular formula is C20H13F3N4O2S. The number of hydrogen-bond acceptors (Lipinski definition) is 5. The van der Waals surface area contributed by atoms with Crippen LogP contribution in [0, 0.1) is 0 Å². The van der Waals surface area contributed by atoms with E-state index < -0.39 is 17.6 Å². The molecule has 10 heteroatoms. The van der Waals surface area contributed by atoms with E-state index in [0.29, 0.717) is 22.2 Å². The molecule has 0 spiro atoms. The molecule has 6 nitrogen and oxygen atoms in total. The fraction of sp³-hybridized carbons (Fsp3) is 0.100. The zero-order valence-electron chi connectivity index (χ0n) is 15.2. The molecular weight excluding hydrogens is 417 g/mol. The number of amides is 1. The summed E-state index contributed by atoms with van der Waals surface area (Å²) in [4.78, 5) is 28.5. The Bertz CT molecular complexity index is 1300. The third kappa shape index (κ3) is 4.08. The number of hydrogen-bond donors (Lipinski definition) is 1. The van der Waals surface area contributed by atoms with Crippen LogP contribution < -0.4 is 10.7 Å². The average molecular weight is 430 g/mol. The van der Waals surface area contributed by atoms with Crippen LogP contribution in [0.25, 0.3) is 22.2 Å². The number of thiazole rings is 1. The number of rotatable bonds is 4. The van der Waals surface area contributed by atoms with Crippen LogP contribution in [0.5, 0.6) is 0 Å². The summed E-state index contributed by atoms with van der Waals surface area (Å²) < 4.78 is 40.1. The van der Waals surface area contributed by atoms with E-state index in [1.807, 2.05) is 0 Å². The Morgan fingerprint density at radius 3 is 2.73 bits per heavy atom. The lowest BCUT2D eigenvalue weighted by Gasteiger charge is -2.08. The fourth-order valence-corrected chi connectivity index (χ4v) is 3.64. The number of anilines is 1. The Hall–Kier alpha value is -3.53. The third-order valence-corrected chi connectivity index (χ3v) is 5.05. The van der Waals surface area contributed by atoms with Crippen molar-refractivity contribution in [2.45, 2.75) is 12.7 Å². The number of aromatic nitrogens is 3. The van der Waals surface area contributed by atoms with Crippen LogP contribution in [0.2, 0.25) is 0 Å². The van der Waals surface area contributed by atoms with Crippen molar-refractivity contribution in [2.24, 2.45) is 0 Å². The first kappa shape index (κ1) is 19.8. The van der Waals surface area contributed by atoms with Crippen molar-refractivity contribution < 1.29 is 18.0 Å². The minimum Gasteiger partial charge on any atom is -0.300 e. The average Bonchev–Trinajstić information content (AvgIpc) is 3.18. The monoisotopic (exact) mass is 430 g/mol. The van der Waals surface area contributed by atoms with Crippen LogP contribution in [0.15, 0.2) is 64.9 Å². The lowest BCUT2D eigenvalue weighted by Crippen LogP contribution is -2.22. The molecule has 0 saturated heterocycles. The van der Waals surface area contributed by atoms with Gasteiger partial charge in [-0.15, -0.1) is 11.3 Å². The van der Waals surface area contributed by atoms with E-state index in [-0.39, 0.29) is 17.1 Å². The minimum atomic E-state index is -4.45. The molecule has 1 N–H and O–H groups in total. The molecule has 30 heavy (non-hydrogen) atoms. The van der Waals surface area contributed by atoms with E-state index in [1.165, 1.54) is 16.8 Å². The van der Waals surface area contributed by atoms with Crippen LogP contribution in [-0.4, -0.2) is 20.7 Å². The summed E-state index contributed by atoms with van der Waals surface area (Å²) in [6.07, 6.45) is -3.31. The van der Waals surface area contributed by atoms with Gasteiger partial charge in [-0.1, -0.05) is 24.3 Å². The number of halogens is 3. The predicted octanol–water partition coefficient (Wildman–Crippen LogP) is 4.18. The van der Waals surface area contributed by atoms with E-state index in [4.69, 9.17) is 0 Å². The van der Waals surface area contributed by atoms with Crippen molar-refractivity contribution in [2.75, 3.05) is 5.32 Å². The summed E-state index contributed by atoms with van der Waals surface area (Å²) in [7, 11) is 0. The second-order valence-electron chi connectivity index (χ2n) is 6.35. The number of nitrogens with zero attached hydrogens (tertiary/aromatic N) is 3. The topological polar surface area (TPSA) is 76.9 Å². The highest BCUT2D eigenvalue weighted by Crippen LogP contribution is 2.33. The molecule has 1 amide bonds. The molecule has 152 valence electrons. The number of alkyl halides is 3. The van der Waals surface area contributed by atoms with Gasteiger partial charge in [0.15, 0.2) is 5.13 Å². The van der Waals surface area contributed by atoms with Crippen molar-refractivity contribution >= 4 is 33.3 Å². The molecule has 0 aliphatic heterocycles. The van der Waals surface area contributed by atoms with E-state index in [1.54, 1.807) is 29.6 Å². The number of nitrogens with one attached hydrogen (secondary N) is 1. The van der Waals surface area contributed by atoms with Crippen molar-refractivity contribution in [1.29, 1.82) is 0 Å². The first-order chi connectivity index (χ1) is 14.3. The Kier molecular flexibility index (Phi) is 5.08. The predicted molar refractivity (Wildman–Crippen MR) is 107 cm³/mol. The highest BCUT2D eigenvalue weighted by molar-refractivity contribution is 7.14. The maximum absolute atomic E-state index is 12.9. The molecule has 0 radical (unpaired) electrons. The third-order valence-electron chi connectivity index (χ3n) is 4.29. The maximum Gasteiger partial charge on any atom is 0.416 e. The normalized spacial score (nSPS) is 11.6. The van der Waals surface area contributed by atoms with Gasteiger partial charge in [-0.05, 0) is 24.3 Å². The quantitative estimate of drug-likeness (QED) is 0.527. The molecule has 4 aromatic rings. The van der Waals surface area contributed by atoms with Gasteiger partial charge in [0.25, 0.3) is 0 Å². The Morgan fingerprint density at radius 2 is 1.93 bits per heavy atom. The number of fused-ring (bicyclic) bond motifs is 1. The van der Waals surface area contributed by atoms with Crippen molar-refractivity contribution in [1.82, 2.24) is 14.8 Å². The van der Waals surface area contributed by atoms with Gasteiger partial charge < -0.3 is 5.32 Å². The van der Waals surface area contributed by atoms with Gasteiger partial charge in [0.1, 0.15) is 6.54 Å². The molecule has 2 heterocycles. The van der Waals surface area contributed by atoms with Gasteiger partial charge in [0.2, 0.25) is 11.3 Å². The summed E-state index contributed by atoms with van der Waals surface area (Å²) in [6, 6.07) is 11.6. The lowest BCUT2D eigenvalue weighted by molar-refractivity contribution is -0.137. The second kappa shape index (κ2) is 7.71. The molecule has 0 bridgehead atoms. The maximum atomic E-state index is 12.9. The number of benzene rings is 2. The van der Waals surface area contributed by atoms with Crippen LogP contribution in [0.4, 0.5) is 18.3 Å². The summed E-state index contributed by atoms with van der Waals surface area (Å²) in [5.74, 6) is -0.429. The molecule has 0 aliphatic carbocycles.